The van der Waals surface area contributed by atoms with Crippen molar-refractivity contribution in [3.8, 4) is 0 Å². The number of hydrogen-bond donors (Lipinski definition) is 1. The molecule has 0 unspecified atom stereocenters. The fraction of sp³-hybridized carbons (Fsp3) is 0.364. The van der Waals surface area contributed by atoms with Gasteiger partial charge in [0.15, 0.2) is 0 Å². The third kappa shape index (κ3) is 2.72. The number of nitro groups is 1. The first-order chi connectivity index (χ1) is 7.99. The summed E-state index contributed by atoms with van der Waals surface area (Å²) >= 11 is 0. The first kappa shape index (κ1) is 13.0. The Morgan fingerprint density at radius 1 is 1.53 bits per heavy atom. The largest absolute Gasteiger partial charge is 0.477 e. The molecule has 1 aromatic rings. The van der Waals surface area contributed by atoms with Crippen LogP contribution in [0.3, 0.4) is 0 Å². The molecule has 0 aliphatic rings. The first-order valence-electron chi connectivity index (χ1n) is 5.20. The number of nitro benzene ring substituents is 1. The zero-order valence-corrected chi connectivity index (χ0v) is 9.71. The summed E-state index contributed by atoms with van der Waals surface area (Å²) in [5.74, 6) is -1.29. The lowest BCUT2D eigenvalue weighted by Gasteiger charge is -2.18. The van der Waals surface area contributed by atoms with Crippen molar-refractivity contribution >= 4 is 17.3 Å². The number of anilines is 1. The van der Waals surface area contributed by atoms with Crippen LogP contribution < -0.4 is 4.90 Å². The number of carboxylic acids is 1. The fourth-order valence-electron chi connectivity index (χ4n) is 1.66. The van der Waals surface area contributed by atoms with Crippen LogP contribution in [0.15, 0.2) is 18.2 Å². The molecule has 0 heterocycles. The molecular formula is C11H14N2O4. The fourth-order valence-corrected chi connectivity index (χ4v) is 1.66. The van der Waals surface area contributed by atoms with Gasteiger partial charge in [0.05, 0.1) is 4.92 Å². The molecule has 0 saturated carbocycles. The molecule has 6 heteroatoms. The van der Waals surface area contributed by atoms with Crippen LogP contribution in [0.2, 0.25) is 0 Å². The van der Waals surface area contributed by atoms with Gasteiger partial charge >= 0.3 is 11.7 Å². The Morgan fingerprint density at radius 3 is 2.65 bits per heavy atom. The number of benzene rings is 1. The average Bonchev–Trinajstić information content (AvgIpc) is 2.28. The highest BCUT2D eigenvalue weighted by molar-refractivity contribution is 5.95. The second-order valence-electron chi connectivity index (χ2n) is 3.66. The van der Waals surface area contributed by atoms with Crippen molar-refractivity contribution in [2.45, 2.75) is 13.3 Å². The van der Waals surface area contributed by atoms with Crippen LogP contribution in [0.25, 0.3) is 0 Å². The molecule has 0 aliphatic carbocycles. The molecule has 1 rings (SSSR count). The maximum absolute atomic E-state index is 11.0. The quantitative estimate of drug-likeness (QED) is 0.627. The van der Waals surface area contributed by atoms with Gasteiger partial charge in [-0.05, 0) is 18.6 Å². The lowest BCUT2D eigenvalue weighted by molar-refractivity contribution is -0.384. The minimum Gasteiger partial charge on any atom is -0.477 e. The molecule has 92 valence electrons. The lowest BCUT2D eigenvalue weighted by atomic mass is 10.1. The summed E-state index contributed by atoms with van der Waals surface area (Å²) in [5, 5.41) is 19.9. The smallest absolute Gasteiger partial charge is 0.342 e. The minimum absolute atomic E-state index is 0.282. The van der Waals surface area contributed by atoms with Crippen molar-refractivity contribution in [2.75, 3.05) is 18.5 Å². The number of carboxylic acid groups (broad SMARTS) is 1. The van der Waals surface area contributed by atoms with Crippen LogP contribution in [-0.2, 0) is 0 Å². The SMILES string of the molecule is CCCN(C)c1cccc(C(=O)O)c1[N+](=O)[O-]. The lowest BCUT2D eigenvalue weighted by Crippen LogP contribution is -2.20. The van der Waals surface area contributed by atoms with Crippen molar-refractivity contribution in [1.29, 1.82) is 0 Å². The van der Waals surface area contributed by atoms with E-state index in [-0.39, 0.29) is 11.3 Å². The van der Waals surface area contributed by atoms with E-state index in [1.807, 2.05) is 6.92 Å². The van der Waals surface area contributed by atoms with E-state index in [1.165, 1.54) is 12.1 Å². The molecule has 0 saturated heterocycles. The minimum atomic E-state index is -1.29. The van der Waals surface area contributed by atoms with Crippen LogP contribution in [0.4, 0.5) is 11.4 Å². The first-order valence-corrected chi connectivity index (χ1v) is 5.20. The number of para-hydroxylation sites is 1. The molecule has 1 N–H and O–H groups in total. The van der Waals surface area contributed by atoms with Crippen LogP contribution in [-0.4, -0.2) is 29.6 Å². The summed E-state index contributed by atoms with van der Waals surface area (Å²) in [6, 6.07) is 4.31. The highest BCUT2D eigenvalue weighted by Crippen LogP contribution is 2.31. The highest BCUT2D eigenvalue weighted by Gasteiger charge is 2.25. The van der Waals surface area contributed by atoms with Crippen LogP contribution in [0, 0.1) is 10.1 Å². The van der Waals surface area contributed by atoms with Crippen molar-refractivity contribution in [1.82, 2.24) is 0 Å². The Morgan fingerprint density at radius 2 is 2.18 bits per heavy atom. The Bertz CT molecular complexity index is 445. The number of rotatable bonds is 5. The molecule has 0 spiro atoms. The normalized spacial score (nSPS) is 10.0. The van der Waals surface area contributed by atoms with Gasteiger partial charge in [-0.2, -0.15) is 0 Å². The molecule has 0 radical (unpaired) electrons. The summed E-state index contributed by atoms with van der Waals surface area (Å²) in [6.07, 6.45) is 0.824. The summed E-state index contributed by atoms with van der Waals surface area (Å²) < 4.78 is 0. The van der Waals surface area contributed by atoms with E-state index < -0.39 is 10.9 Å². The van der Waals surface area contributed by atoms with E-state index in [1.54, 1.807) is 18.0 Å². The zero-order chi connectivity index (χ0) is 13.0. The third-order valence-corrected chi connectivity index (χ3v) is 2.40. The maximum atomic E-state index is 11.0. The number of aromatic carboxylic acids is 1. The van der Waals surface area contributed by atoms with Gasteiger partial charge in [-0.3, -0.25) is 10.1 Å². The van der Waals surface area contributed by atoms with Gasteiger partial charge < -0.3 is 10.0 Å². The van der Waals surface area contributed by atoms with E-state index >= 15 is 0 Å². The van der Waals surface area contributed by atoms with Gasteiger partial charge in [-0.15, -0.1) is 0 Å². The summed E-state index contributed by atoms with van der Waals surface area (Å²) in [4.78, 5) is 22.9. The van der Waals surface area contributed by atoms with E-state index in [0.717, 1.165) is 6.42 Å². The molecular weight excluding hydrogens is 224 g/mol. The van der Waals surface area contributed by atoms with E-state index in [4.69, 9.17) is 5.11 Å². The van der Waals surface area contributed by atoms with E-state index in [9.17, 15) is 14.9 Å². The van der Waals surface area contributed by atoms with E-state index in [0.29, 0.717) is 12.2 Å². The molecule has 17 heavy (non-hydrogen) atoms. The average molecular weight is 238 g/mol. The van der Waals surface area contributed by atoms with Gasteiger partial charge in [0, 0.05) is 13.6 Å². The molecule has 6 nitrogen and oxygen atoms in total. The molecule has 0 aliphatic heterocycles. The second-order valence-corrected chi connectivity index (χ2v) is 3.66. The van der Waals surface area contributed by atoms with Gasteiger partial charge in [-0.25, -0.2) is 4.79 Å². The second kappa shape index (κ2) is 5.29. The summed E-state index contributed by atoms with van der Waals surface area (Å²) in [5.41, 5.74) is -0.303. The predicted octanol–water partition coefficient (Wildman–Crippen LogP) is 2.14. The van der Waals surface area contributed by atoms with Gasteiger partial charge in [-0.1, -0.05) is 13.0 Å². The van der Waals surface area contributed by atoms with Gasteiger partial charge in [0.2, 0.25) is 0 Å². The van der Waals surface area contributed by atoms with Crippen LogP contribution in [0.5, 0.6) is 0 Å². The molecule has 1 aromatic carbocycles. The summed E-state index contributed by atoms with van der Waals surface area (Å²) in [7, 11) is 1.71. The van der Waals surface area contributed by atoms with Crippen molar-refractivity contribution in [2.24, 2.45) is 0 Å². The maximum Gasteiger partial charge on any atom is 0.342 e. The van der Waals surface area contributed by atoms with Crippen molar-refractivity contribution in [3.05, 3.63) is 33.9 Å². The van der Waals surface area contributed by atoms with Crippen LogP contribution >= 0.6 is 0 Å². The summed E-state index contributed by atoms with van der Waals surface area (Å²) in [6.45, 7) is 2.58. The van der Waals surface area contributed by atoms with Crippen molar-refractivity contribution in [3.63, 3.8) is 0 Å². The molecule has 0 fully saturated rings. The number of carbonyl (C=O) groups is 1. The Kier molecular flexibility index (Phi) is 4.03. The molecule has 0 amide bonds. The standard InChI is InChI=1S/C11H14N2O4/c1-3-7-12(2)9-6-4-5-8(11(14)15)10(9)13(16)17/h4-6H,3,7H2,1-2H3,(H,14,15). The molecule has 0 bridgehead atoms. The Labute approximate surface area is 98.6 Å². The Balaban J connectivity index is 3.34. The monoisotopic (exact) mass is 238 g/mol. The van der Waals surface area contributed by atoms with Gasteiger partial charge in [0.1, 0.15) is 11.3 Å². The Hall–Kier alpha value is -2.11. The van der Waals surface area contributed by atoms with E-state index in [2.05, 4.69) is 0 Å². The molecule has 0 atom stereocenters. The third-order valence-electron chi connectivity index (χ3n) is 2.40. The zero-order valence-electron chi connectivity index (χ0n) is 9.71. The number of nitrogens with zero attached hydrogens (tertiary/aromatic N) is 2. The topological polar surface area (TPSA) is 83.7 Å². The molecule has 0 aromatic heterocycles. The van der Waals surface area contributed by atoms with Gasteiger partial charge in [0.25, 0.3) is 0 Å². The highest BCUT2D eigenvalue weighted by atomic mass is 16.6. The van der Waals surface area contributed by atoms with Crippen LogP contribution in [0.1, 0.15) is 23.7 Å². The van der Waals surface area contributed by atoms with Crippen molar-refractivity contribution < 1.29 is 14.8 Å². The predicted molar refractivity (Wildman–Crippen MR) is 63.6 cm³/mol. The number of hydrogen-bond acceptors (Lipinski definition) is 4.